The van der Waals surface area contributed by atoms with Crippen LogP contribution in [0.2, 0.25) is 0 Å². The van der Waals surface area contributed by atoms with Gasteiger partial charge in [-0.05, 0) is 38.8 Å². The van der Waals surface area contributed by atoms with E-state index >= 15 is 4.39 Å². The first-order valence-electron chi connectivity index (χ1n) is 9.86. The van der Waals surface area contributed by atoms with Crippen molar-refractivity contribution in [3.05, 3.63) is 29.6 Å². The average Bonchev–Trinajstić information content (AvgIpc) is 2.96. The van der Waals surface area contributed by atoms with Gasteiger partial charge in [0.05, 0.1) is 6.61 Å². The van der Waals surface area contributed by atoms with Crippen molar-refractivity contribution in [2.45, 2.75) is 78.4 Å². The molecule has 1 fully saturated rings. The zero-order chi connectivity index (χ0) is 21.4. The Kier molecular flexibility index (Phi) is 6.05. The second-order valence-electron chi connectivity index (χ2n) is 9.86. The molecule has 0 bridgehead atoms. The summed E-state index contributed by atoms with van der Waals surface area (Å²) in [5.74, 6) is -0.209. The molecule has 3 N–H and O–H groups in total. The molecule has 0 spiro atoms. The number of ether oxygens (including phenoxy) is 2. The molecule has 0 radical (unpaired) electrons. The van der Waals surface area contributed by atoms with Gasteiger partial charge in [0.1, 0.15) is 17.2 Å². The van der Waals surface area contributed by atoms with Crippen LogP contribution in [0.1, 0.15) is 72.8 Å². The Hall–Kier alpha value is -1.82. The summed E-state index contributed by atoms with van der Waals surface area (Å²) in [6, 6.07) is 4.44. The highest BCUT2D eigenvalue weighted by Gasteiger charge is 2.58. The fourth-order valence-corrected chi connectivity index (χ4v) is 4.64. The molecule has 5 nitrogen and oxygen atoms in total. The molecule has 1 atom stereocenters. The molecule has 0 aliphatic heterocycles. The first kappa shape index (κ1) is 22.5. The van der Waals surface area contributed by atoms with E-state index in [0.29, 0.717) is 12.4 Å². The second-order valence-corrected chi connectivity index (χ2v) is 9.86. The molecule has 158 valence electrons. The first-order valence-corrected chi connectivity index (χ1v) is 9.86. The largest absolute Gasteiger partial charge is 0.493 e. The summed E-state index contributed by atoms with van der Waals surface area (Å²) in [6.45, 7) is 11.0. The maximum atomic E-state index is 15.2. The number of primary amides is 1. The molecule has 0 aromatic heterocycles. The predicted molar refractivity (Wildman–Crippen MR) is 107 cm³/mol. The minimum Gasteiger partial charge on any atom is -0.493 e. The smallest absolute Gasteiger partial charge is 0.405 e. The molecule has 28 heavy (non-hydrogen) atoms. The molecule has 1 aromatic carbocycles. The van der Waals surface area contributed by atoms with Crippen LogP contribution in [0.5, 0.6) is 5.75 Å². The van der Waals surface area contributed by atoms with E-state index < -0.39 is 28.5 Å². The van der Waals surface area contributed by atoms with Gasteiger partial charge in [-0.25, -0.2) is 9.18 Å². The lowest BCUT2D eigenvalue weighted by molar-refractivity contribution is -0.195. The van der Waals surface area contributed by atoms with Gasteiger partial charge >= 0.3 is 6.09 Å². The number of hydrogen-bond donors (Lipinski definition) is 2. The van der Waals surface area contributed by atoms with Gasteiger partial charge in [0.2, 0.25) is 0 Å². The monoisotopic (exact) mass is 395 g/mol. The molecule has 1 aliphatic carbocycles. The summed E-state index contributed by atoms with van der Waals surface area (Å²) in [7, 11) is 0. The maximum absolute atomic E-state index is 15.2. The van der Waals surface area contributed by atoms with E-state index in [1.165, 1.54) is 38.8 Å². The molecule has 6 heteroatoms. The summed E-state index contributed by atoms with van der Waals surface area (Å²) in [4.78, 5) is 11.7. The Morgan fingerprint density at radius 2 is 1.79 bits per heavy atom. The zero-order valence-corrected chi connectivity index (χ0v) is 17.9. The van der Waals surface area contributed by atoms with Gasteiger partial charge in [-0.2, -0.15) is 0 Å². The van der Waals surface area contributed by atoms with E-state index in [9.17, 15) is 9.90 Å². The second kappa shape index (κ2) is 7.54. The number of halogens is 1. The molecule has 1 amide bonds. The van der Waals surface area contributed by atoms with Crippen LogP contribution in [-0.4, -0.2) is 23.4 Å². The minimum absolute atomic E-state index is 0.0609. The summed E-state index contributed by atoms with van der Waals surface area (Å²) < 4.78 is 26.5. The molecule has 2 rings (SSSR count). The van der Waals surface area contributed by atoms with Crippen LogP contribution in [0.15, 0.2) is 18.2 Å². The Labute approximate surface area is 167 Å². The van der Waals surface area contributed by atoms with Crippen LogP contribution in [-0.2, 0) is 10.3 Å². The fraction of sp³-hybridized carbons (Fsp3) is 0.682. The number of hydrogen-bond acceptors (Lipinski definition) is 4. The third kappa shape index (κ3) is 4.27. The van der Waals surface area contributed by atoms with Crippen LogP contribution < -0.4 is 10.5 Å². The Bertz CT molecular complexity index is 698. The minimum atomic E-state index is -1.69. The quantitative estimate of drug-likeness (QED) is 0.718. The molecule has 0 heterocycles. The van der Waals surface area contributed by atoms with Crippen molar-refractivity contribution in [3.63, 3.8) is 0 Å². The van der Waals surface area contributed by atoms with Gasteiger partial charge < -0.3 is 20.3 Å². The van der Waals surface area contributed by atoms with Crippen molar-refractivity contribution in [2.24, 2.45) is 16.6 Å². The van der Waals surface area contributed by atoms with E-state index in [1.807, 2.05) is 0 Å². The van der Waals surface area contributed by atoms with Gasteiger partial charge in [-0.3, -0.25) is 0 Å². The van der Waals surface area contributed by atoms with Crippen molar-refractivity contribution in [3.8, 4) is 5.75 Å². The zero-order valence-electron chi connectivity index (χ0n) is 17.9. The number of aliphatic hydroxyl groups is 1. The number of nitrogens with two attached hydrogens (primary N) is 1. The molecule has 1 saturated carbocycles. The number of carbonyl (C=O) groups is 1. The Balaban J connectivity index is 2.43. The molecule has 0 saturated heterocycles. The Morgan fingerprint density at radius 1 is 1.21 bits per heavy atom. The molecular formula is C22H34FNO4. The fourth-order valence-electron chi connectivity index (χ4n) is 4.64. The normalized spacial score (nSPS) is 19.1. The maximum Gasteiger partial charge on any atom is 0.405 e. The summed E-state index contributed by atoms with van der Waals surface area (Å²) in [5.41, 5.74) is 1.35. The molecule has 1 aliphatic rings. The lowest BCUT2D eigenvalue weighted by atomic mass is 9.63. The summed E-state index contributed by atoms with van der Waals surface area (Å²) in [5, 5.41) is 10.9. The van der Waals surface area contributed by atoms with E-state index in [2.05, 4.69) is 6.92 Å². The number of rotatable bonds is 6. The highest BCUT2D eigenvalue weighted by atomic mass is 19.1. The van der Waals surface area contributed by atoms with Crippen LogP contribution in [0.4, 0.5) is 9.18 Å². The SMILES string of the molecule is CC1(COc2ccc(C(OC(N)=O)(C(C)(C)C)C(C)(C)O)c(F)c2)CCCC1. The van der Waals surface area contributed by atoms with Crippen molar-refractivity contribution >= 4 is 6.09 Å². The van der Waals surface area contributed by atoms with Crippen LogP contribution in [0.3, 0.4) is 0 Å². The number of carbonyl (C=O) groups excluding carboxylic acids is 1. The highest BCUT2D eigenvalue weighted by Crippen LogP contribution is 2.51. The topological polar surface area (TPSA) is 81.8 Å². The van der Waals surface area contributed by atoms with Gasteiger partial charge in [-0.15, -0.1) is 0 Å². The van der Waals surface area contributed by atoms with Crippen molar-refractivity contribution in [2.75, 3.05) is 6.61 Å². The Morgan fingerprint density at radius 3 is 2.21 bits per heavy atom. The predicted octanol–water partition coefficient (Wildman–Crippen LogP) is 4.89. The average molecular weight is 396 g/mol. The van der Waals surface area contributed by atoms with Crippen LogP contribution >= 0.6 is 0 Å². The van der Waals surface area contributed by atoms with Gasteiger partial charge in [0, 0.05) is 22.5 Å². The number of benzene rings is 1. The van der Waals surface area contributed by atoms with Crippen LogP contribution in [0, 0.1) is 16.6 Å². The third-order valence-electron chi connectivity index (χ3n) is 5.89. The van der Waals surface area contributed by atoms with E-state index in [0.717, 1.165) is 12.8 Å². The lowest BCUT2D eigenvalue weighted by Crippen LogP contribution is -2.59. The van der Waals surface area contributed by atoms with Crippen LogP contribution in [0.25, 0.3) is 0 Å². The molecule has 1 unspecified atom stereocenters. The lowest BCUT2D eigenvalue weighted by Gasteiger charge is -2.50. The van der Waals surface area contributed by atoms with E-state index in [1.54, 1.807) is 26.8 Å². The van der Waals surface area contributed by atoms with E-state index in [-0.39, 0.29) is 11.0 Å². The van der Waals surface area contributed by atoms with Crippen molar-refractivity contribution in [1.82, 2.24) is 0 Å². The standard InChI is InChI=1S/C22H34FNO4/c1-19(2,3)22(20(4,5)26,28-18(24)25)16-10-9-15(13-17(16)23)27-14-21(6)11-7-8-12-21/h9-10,13,26H,7-8,11-12,14H2,1-6H3,(H2,24,25). The summed E-state index contributed by atoms with van der Waals surface area (Å²) in [6.07, 6.45) is 3.51. The molecule has 1 aromatic rings. The van der Waals surface area contributed by atoms with Gasteiger partial charge in [-0.1, -0.05) is 40.5 Å². The van der Waals surface area contributed by atoms with Gasteiger partial charge in [0.15, 0.2) is 5.60 Å². The van der Waals surface area contributed by atoms with Gasteiger partial charge in [0.25, 0.3) is 0 Å². The van der Waals surface area contributed by atoms with Crippen molar-refractivity contribution < 1.29 is 23.8 Å². The third-order valence-corrected chi connectivity index (χ3v) is 5.89. The molecular weight excluding hydrogens is 361 g/mol. The van der Waals surface area contributed by atoms with E-state index in [4.69, 9.17) is 15.2 Å². The first-order chi connectivity index (χ1) is 12.7. The highest BCUT2D eigenvalue weighted by molar-refractivity contribution is 5.66. The number of amides is 1. The summed E-state index contributed by atoms with van der Waals surface area (Å²) >= 11 is 0. The van der Waals surface area contributed by atoms with Crippen molar-refractivity contribution in [1.29, 1.82) is 0 Å².